The van der Waals surface area contributed by atoms with Crippen molar-refractivity contribution in [2.45, 2.75) is 30.6 Å². The smallest absolute Gasteiger partial charge is 0.243 e. The summed E-state index contributed by atoms with van der Waals surface area (Å²) >= 11 is 0. The first kappa shape index (κ1) is 13.0. The molecule has 1 N–H and O–H groups in total. The van der Waals surface area contributed by atoms with Gasteiger partial charge in [0.1, 0.15) is 11.0 Å². The van der Waals surface area contributed by atoms with Crippen LogP contribution in [0.4, 0.5) is 0 Å². The molecule has 1 aliphatic carbocycles. The van der Waals surface area contributed by atoms with Crippen LogP contribution >= 0.6 is 0 Å². The quantitative estimate of drug-likeness (QED) is 0.872. The largest absolute Gasteiger partial charge is 0.244 e. The maximum atomic E-state index is 12.0. The first-order valence-electron chi connectivity index (χ1n) is 5.98. The third-order valence-corrected chi connectivity index (χ3v) is 4.73. The van der Waals surface area contributed by atoms with Crippen molar-refractivity contribution in [1.82, 2.24) is 9.71 Å². The summed E-state index contributed by atoms with van der Waals surface area (Å²) in [6.07, 6.45) is 5.90. The standard InChI is InChI=1S/C12H15N3O2S/c13-9-11-12(5-2-7-14-11)18(16,17)15-8-6-10-3-1-4-10/h2,5,7,10,15H,1,3-4,6,8H2. The number of aromatic nitrogens is 1. The number of sulfonamides is 1. The van der Waals surface area contributed by atoms with Crippen LogP contribution in [-0.2, 0) is 10.0 Å². The fourth-order valence-corrected chi connectivity index (χ4v) is 3.10. The third-order valence-electron chi connectivity index (χ3n) is 3.24. The number of hydrogen-bond donors (Lipinski definition) is 1. The van der Waals surface area contributed by atoms with Crippen molar-refractivity contribution in [3.63, 3.8) is 0 Å². The van der Waals surface area contributed by atoms with Crippen molar-refractivity contribution in [3.05, 3.63) is 24.0 Å². The molecule has 0 saturated heterocycles. The molecule has 1 aromatic heterocycles. The monoisotopic (exact) mass is 265 g/mol. The van der Waals surface area contributed by atoms with Gasteiger partial charge < -0.3 is 0 Å². The van der Waals surface area contributed by atoms with Crippen molar-refractivity contribution in [3.8, 4) is 6.07 Å². The zero-order chi connectivity index (χ0) is 13.0. The molecule has 96 valence electrons. The zero-order valence-electron chi connectivity index (χ0n) is 9.96. The molecule has 6 heteroatoms. The van der Waals surface area contributed by atoms with E-state index in [0.29, 0.717) is 12.5 Å². The second kappa shape index (κ2) is 5.46. The maximum Gasteiger partial charge on any atom is 0.243 e. The molecule has 0 unspecified atom stereocenters. The molecule has 1 heterocycles. The Bertz CT molecular complexity index is 559. The zero-order valence-corrected chi connectivity index (χ0v) is 10.8. The predicted molar refractivity (Wildman–Crippen MR) is 66.1 cm³/mol. The highest BCUT2D eigenvalue weighted by molar-refractivity contribution is 7.89. The highest BCUT2D eigenvalue weighted by Crippen LogP contribution is 2.28. The average Bonchev–Trinajstić information content (AvgIpc) is 2.32. The average molecular weight is 265 g/mol. The summed E-state index contributed by atoms with van der Waals surface area (Å²) in [6, 6.07) is 4.71. The van der Waals surface area contributed by atoms with Gasteiger partial charge >= 0.3 is 0 Å². The predicted octanol–water partition coefficient (Wildman–Crippen LogP) is 1.42. The summed E-state index contributed by atoms with van der Waals surface area (Å²) in [5.74, 6) is 0.650. The van der Waals surface area contributed by atoms with Gasteiger partial charge in [-0.1, -0.05) is 19.3 Å². The molecule has 1 aliphatic rings. The minimum Gasteiger partial charge on any atom is -0.244 e. The van der Waals surface area contributed by atoms with Gasteiger partial charge in [0.05, 0.1) is 0 Å². The number of nitrogens with one attached hydrogen (secondary N) is 1. The Hall–Kier alpha value is -1.45. The lowest BCUT2D eigenvalue weighted by molar-refractivity contribution is 0.297. The Morgan fingerprint density at radius 1 is 1.50 bits per heavy atom. The van der Waals surface area contributed by atoms with E-state index in [1.165, 1.54) is 37.6 Å². The second-order valence-electron chi connectivity index (χ2n) is 4.45. The number of rotatable bonds is 5. The molecule has 5 nitrogen and oxygen atoms in total. The van der Waals surface area contributed by atoms with Gasteiger partial charge in [0.15, 0.2) is 5.69 Å². The number of nitrogens with zero attached hydrogens (tertiary/aromatic N) is 2. The van der Waals surface area contributed by atoms with Gasteiger partial charge in [-0.05, 0) is 24.5 Å². The Morgan fingerprint density at radius 2 is 2.28 bits per heavy atom. The summed E-state index contributed by atoms with van der Waals surface area (Å²) in [4.78, 5) is 3.71. The fraction of sp³-hybridized carbons (Fsp3) is 0.500. The normalized spacial score (nSPS) is 15.9. The van der Waals surface area contributed by atoms with Crippen molar-refractivity contribution in [2.24, 2.45) is 5.92 Å². The van der Waals surface area contributed by atoms with Crippen LogP contribution in [0.3, 0.4) is 0 Å². The third kappa shape index (κ3) is 2.86. The lowest BCUT2D eigenvalue weighted by Crippen LogP contribution is -2.28. The van der Waals surface area contributed by atoms with Gasteiger partial charge in [-0.15, -0.1) is 0 Å². The SMILES string of the molecule is N#Cc1ncccc1S(=O)(=O)NCCC1CCC1. The van der Waals surface area contributed by atoms with E-state index in [1.54, 1.807) is 6.07 Å². The van der Waals surface area contributed by atoms with Crippen LogP contribution in [0.25, 0.3) is 0 Å². The van der Waals surface area contributed by atoms with Gasteiger partial charge in [-0.2, -0.15) is 5.26 Å². The Balaban J connectivity index is 2.03. The first-order chi connectivity index (χ1) is 8.63. The minimum absolute atomic E-state index is 0.0406. The van der Waals surface area contributed by atoms with E-state index in [4.69, 9.17) is 5.26 Å². The van der Waals surface area contributed by atoms with Crippen molar-refractivity contribution in [2.75, 3.05) is 6.54 Å². The second-order valence-corrected chi connectivity index (χ2v) is 6.18. The molecule has 18 heavy (non-hydrogen) atoms. The molecule has 1 saturated carbocycles. The number of nitriles is 1. The molecule has 1 aromatic rings. The topological polar surface area (TPSA) is 82.8 Å². The molecular formula is C12H15N3O2S. The molecule has 0 bridgehead atoms. The van der Waals surface area contributed by atoms with Crippen LogP contribution in [0.2, 0.25) is 0 Å². The van der Waals surface area contributed by atoms with E-state index < -0.39 is 10.0 Å². The van der Waals surface area contributed by atoms with Crippen molar-refractivity contribution in [1.29, 1.82) is 5.26 Å². The fourth-order valence-electron chi connectivity index (χ4n) is 1.95. The van der Waals surface area contributed by atoms with Crippen LogP contribution in [0, 0.1) is 17.2 Å². The van der Waals surface area contributed by atoms with Crippen molar-refractivity contribution >= 4 is 10.0 Å². The van der Waals surface area contributed by atoms with Gasteiger partial charge in [0, 0.05) is 12.7 Å². The Kier molecular flexibility index (Phi) is 3.94. The van der Waals surface area contributed by atoms with Crippen molar-refractivity contribution < 1.29 is 8.42 Å². The van der Waals surface area contributed by atoms with E-state index >= 15 is 0 Å². The molecule has 1 fully saturated rings. The Morgan fingerprint density at radius 3 is 2.89 bits per heavy atom. The van der Waals surface area contributed by atoms with Crippen LogP contribution in [0.1, 0.15) is 31.4 Å². The van der Waals surface area contributed by atoms with Gasteiger partial charge in [-0.25, -0.2) is 18.1 Å². The summed E-state index contributed by atoms with van der Waals surface area (Å²) in [5, 5.41) is 8.84. The summed E-state index contributed by atoms with van der Waals surface area (Å²) in [5.41, 5.74) is -0.0614. The lowest BCUT2D eigenvalue weighted by Gasteiger charge is -2.25. The van der Waals surface area contributed by atoms with E-state index in [9.17, 15) is 8.42 Å². The lowest BCUT2D eigenvalue weighted by atomic mass is 9.83. The van der Waals surface area contributed by atoms with Gasteiger partial charge in [-0.3, -0.25) is 0 Å². The number of hydrogen-bond acceptors (Lipinski definition) is 4. The molecule has 0 radical (unpaired) electrons. The molecule has 2 rings (SSSR count). The van der Waals surface area contributed by atoms with Gasteiger partial charge in [0.2, 0.25) is 10.0 Å². The van der Waals surface area contributed by atoms with Gasteiger partial charge in [0.25, 0.3) is 0 Å². The Labute approximate surface area is 107 Å². The van der Waals surface area contributed by atoms with E-state index in [2.05, 4.69) is 9.71 Å². The van der Waals surface area contributed by atoms with Crippen LogP contribution < -0.4 is 4.72 Å². The van der Waals surface area contributed by atoms with Crippen LogP contribution in [0.5, 0.6) is 0 Å². The molecule has 0 aromatic carbocycles. The first-order valence-corrected chi connectivity index (χ1v) is 7.46. The highest BCUT2D eigenvalue weighted by atomic mass is 32.2. The van der Waals surface area contributed by atoms with E-state index in [1.807, 2.05) is 0 Å². The molecule has 0 amide bonds. The molecule has 0 atom stereocenters. The highest BCUT2D eigenvalue weighted by Gasteiger charge is 2.21. The summed E-state index contributed by atoms with van der Waals surface area (Å²) in [6.45, 7) is 0.423. The molecule has 0 spiro atoms. The summed E-state index contributed by atoms with van der Waals surface area (Å²) < 4.78 is 26.5. The van der Waals surface area contributed by atoms with Crippen LogP contribution in [-0.4, -0.2) is 19.9 Å². The maximum absolute atomic E-state index is 12.0. The van der Waals surface area contributed by atoms with E-state index in [0.717, 1.165) is 6.42 Å². The molecule has 0 aliphatic heterocycles. The van der Waals surface area contributed by atoms with Crippen LogP contribution in [0.15, 0.2) is 23.2 Å². The number of pyridine rings is 1. The summed E-state index contributed by atoms with van der Waals surface area (Å²) in [7, 11) is -3.62. The molecular weight excluding hydrogens is 250 g/mol. The van der Waals surface area contributed by atoms with E-state index in [-0.39, 0.29) is 10.6 Å². The minimum atomic E-state index is -3.62.